The van der Waals surface area contributed by atoms with Gasteiger partial charge in [-0.3, -0.25) is 4.98 Å². The average Bonchev–Trinajstić information content (AvgIpc) is 2.90. The minimum Gasteiger partial charge on any atom is -0.392 e. The topological polar surface area (TPSA) is 33.1 Å². The van der Waals surface area contributed by atoms with Crippen LogP contribution in [0.4, 0.5) is 4.39 Å². The van der Waals surface area contributed by atoms with Gasteiger partial charge in [0.15, 0.2) is 0 Å². The quantitative estimate of drug-likeness (QED) is 0.876. The van der Waals surface area contributed by atoms with Crippen molar-refractivity contribution in [2.45, 2.75) is 29.8 Å². The Kier molecular flexibility index (Phi) is 4.03. The highest BCUT2D eigenvalue weighted by molar-refractivity contribution is 7.99. The smallest absolute Gasteiger partial charge is 0.136 e. The third-order valence-electron chi connectivity index (χ3n) is 3.71. The van der Waals surface area contributed by atoms with E-state index < -0.39 is 6.10 Å². The molecule has 2 atom stereocenters. The van der Waals surface area contributed by atoms with Crippen LogP contribution >= 0.6 is 11.8 Å². The molecule has 0 saturated carbocycles. The fourth-order valence-corrected chi connectivity index (χ4v) is 3.63. The Balaban J connectivity index is 1.66. The summed E-state index contributed by atoms with van der Waals surface area (Å²) < 4.78 is 13.5. The van der Waals surface area contributed by atoms with Crippen molar-refractivity contribution < 1.29 is 9.50 Å². The number of aliphatic hydroxyl groups excluding tert-OH is 1. The number of nitrogens with zero attached hydrogens (tertiary/aromatic N) is 1. The van der Waals surface area contributed by atoms with Crippen LogP contribution in [0.15, 0.2) is 47.5 Å². The highest BCUT2D eigenvalue weighted by atomic mass is 32.2. The van der Waals surface area contributed by atoms with Gasteiger partial charge in [-0.25, -0.2) is 4.39 Å². The summed E-state index contributed by atoms with van der Waals surface area (Å²) in [6.07, 6.45) is 3.17. The average molecular weight is 289 g/mol. The van der Waals surface area contributed by atoms with Gasteiger partial charge in [0.25, 0.3) is 0 Å². The number of aromatic nitrogens is 1. The molecule has 0 bridgehead atoms. The Morgan fingerprint density at radius 3 is 3.00 bits per heavy atom. The van der Waals surface area contributed by atoms with Crippen LogP contribution < -0.4 is 0 Å². The first-order valence-corrected chi connectivity index (χ1v) is 7.73. The minimum absolute atomic E-state index is 0.0745. The van der Waals surface area contributed by atoms with Crippen LogP contribution in [-0.4, -0.2) is 21.9 Å². The summed E-state index contributed by atoms with van der Waals surface area (Å²) >= 11 is 1.36. The molecule has 1 aromatic heterocycles. The minimum atomic E-state index is -0.490. The van der Waals surface area contributed by atoms with Crippen LogP contribution in [0.3, 0.4) is 0 Å². The first kappa shape index (κ1) is 13.6. The second-order valence-electron chi connectivity index (χ2n) is 5.00. The van der Waals surface area contributed by atoms with E-state index in [1.807, 2.05) is 12.1 Å². The maximum Gasteiger partial charge on any atom is 0.136 e. The number of aryl methyl sites for hydroxylation is 1. The maximum absolute atomic E-state index is 13.5. The monoisotopic (exact) mass is 289 g/mol. The summed E-state index contributed by atoms with van der Waals surface area (Å²) in [5.41, 5.74) is 2.24. The van der Waals surface area contributed by atoms with Crippen LogP contribution in [0, 0.1) is 5.82 Å². The Labute approximate surface area is 122 Å². The summed E-state index contributed by atoms with van der Waals surface area (Å²) in [4.78, 5) is 4.98. The van der Waals surface area contributed by atoms with E-state index in [2.05, 4.69) is 11.1 Å². The van der Waals surface area contributed by atoms with Crippen LogP contribution in [0.5, 0.6) is 0 Å². The molecule has 1 N–H and O–H groups in total. The largest absolute Gasteiger partial charge is 0.392 e. The molecule has 0 spiro atoms. The van der Waals surface area contributed by atoms with Crippen molar-refractivity contribution in [1.29, 1.82) is 0 Å². The predicted octanol–water partition coefficient (Wildman–Crippen LogP) is 3.40. The van der Waals surface area contributed by atoms with Crippen LogP contribution in [0.1, 0.15) is 23.6 Å². The maximum atomic E-state index is 13.5. The molecule has 0 radical (unpaired) electrons. The first-order chi connectivity index (χ1) is 9.75. The lowest BCUT2D eigenvalue weighted by Gasteiger charge is -2.18. The second-order valence-corrected chi connectivity index (χ2v) is 6.06. The zero-order valence-electron chi connectivity index (χ0n) is 11.0. The van der Waals surface area contributed by atoms with Crippen molar-refractivity contribution in [3.8, 4) is 0 Å². The number of hydrogen-bond acceptors (Lipinski definition) is 3. The summed E-state index contributed by atoms with van der Waals surface area (Å²) in [6.45, 7) is 0. The van der Waals surface area contributed by atoms with E-state index in [1.54, 1.807) is 18.3 Å². The standard InChI is InChI=1S/C16H16FNOS/c17-13-5-1-2-6-15(13)20-10-14(19)12-8-7-11-4-3-9-18-16(11)12/h1-6,9,12,14,19H,7-8,10H2. The molecule has 4 heteroatoms. The van der Waals surface area contributed by atoms with Crippen molar-refractivity contribution in [2.24, 2.45) is 0 Å². The molecular weight excluding hydrogens is 273 g/mol. The molecule has 1 aliphatic carbocycles. The molecule has 1 heterocycles. The lowest BCUT2D eigenvalue weighted by atomic mass is 10.0. The molecule has 0 saturated heterocycles. The van der Waals surface area contributed by atoms with Gasteiger partial charge in [0.2, 0.25) is 0 Å². The summed E-state index contributed by atoms with van der Waals surface area (Å²) in [7, 11) is 0. The van der Waals surface area contributed by atoms with Gasteiger partial charge in [-0.15, -0.1) is 11.8 Å². The number of thioether (sulfide) groups is 1. The van der Waals surface area contributed by atoms with E-state index in [4.69, 9.17) is 0 Å². The third kappa shape index (κ3) is 2.72. The van der Waals surface area contributed by atoms with Gasteiger partial charge < -0.3 is 5.11 Å². The summed E-state index contributed by atoms with van der Waals surface area (Å²) in [5.74, 6) is 0.335. The molecule has 0 fully saturated rings. The van der Waals surface area contributed by atoms with Crippen LogP contribution in [-0.2, 0) is 6.42 Å². The van der Waals surface area contributed by atoms with E-state index in [0.29, 0.717) is 10.6 Å². The highest BCUT2D eigenvalue weighted by Crippen LogP contribution is 2.35. The molecule has 2 unspecified atom stereocenters. The normalized spacial score (nSPS) is 18.8. The van der Waals surface area contributed by atoms with Crippen molar-refractivity contribution in [2.75, 3.05) is 5.75 Å². The SMILES string of the molecule is OC(CSc1ccccc1F)C1CCc2cccnc21. The molecule has 20 heavy (non-hydrogen) atoms. The Morgan fingerprint density at radius 2 is 2.15 bits per heavy atom. The van der Waals surface area contributed by atoms with E-state index >= 15 is 0 Å². The van der Waals surface area contributed by atoms with E-state index in [-0.39, 0.29) is 11.7 Å². The van der Waals surface area contributed by atoms with E-state index in [0.717, 1.165) is 18.5 Å². The Bertz CT molecular complexity index is 605. The zero-order chi connectivity index (χ0) is 13.9. The van der Waals surface area contributed by atoms with Gasteiger partial charge in [-0.05, 0) is 36.6 Å². The molecule has 1 aliphatic rings. The molecule has 2 nitrogen and oxygen atoms in total. The van der Waals surface area contributed by atoms with Gasteiger partial charge >= 0.3 is 0 Å². The lowest BCUT2D eigenvalue weighted by Crippen LogP contribution is -2.20. The number of aliphatic hydroxyl groups is 1. The third-order valence-corrected chi connectivity index (χ3v) is 4.86. The molecule has 3 rings (SSSR count). The van der Waals surface area contributed by atoms with Crippen molar-refractivity contribution in [3.63, 3.8) is 0 Å². The predicted molar refractivity (Wildman–Crippen MR) is 78.4 cm³/mol. The summed E-state index contributed by atoms with van der Waals surface area (Å²) in [5, 5.41) is 10.4. The zero-order valence-corrected chi connectivity index (χ0v) is 11.8. The molecule has 1 aromatic carbocycles. The Hall–Kier alpha value is -1.39. The van der Waals surface area contributed by atoms with E-state index in [1.165, 1.54) is 23.4 Å². The highest BCUT2D eigenvalue weighted by Gasteiger charge is 2.29. The van der Waals surface area contributed by atoms with Gasteiger partial charge in [0, 0.05) is 28.5 Å². The Morgan fingerprint density at radius 1 is 1.30 bits per heavy atom. The van der Waals surface area contributed by atoms with Gasteiger partial charge in [0.1, 0.15) is 5.82 Å². The van der Waals surface area contributed by atoms with Gasteiger partial charge in [0.05, 0.1) is 6.10 Å². The van der Waals surface area contributed by atoms with Crippen LogP contribution in [0.2, 0.25) is 0 Å². The fourth-order valence-electron chi connectivity index (χ4n) is 2.67. The van der Waals surface area contributed by atoms with Gasteiger partial charge in [-0.1, -0.05) is 18.2 Å². The number of pyridine rings is 1. The first-order valence-electron chi connectivity index (χ1n) is 6.75. The summed E-state index contributed by atoms with van der Waals surface area (Å²) in [6, 6.07) is 10.7. The lowest BCUT2D eigenvalue weighted by molar-refractivity contribution is 0.165. The number of benzene rings is 1. The molecular formula is C16H16FNOS. The number of rotatable bonds is 4. The van der Waals surface area contributed by atoms with Crippen molar-refractivity contribution in [1.82, 2.24) is 4.98 Å². The van der Waals surface area contributed by atoms with Crippen molar-refractivity contribution in [3.05, 3.63) is 59.7 Å². The number of fused-ring (bicyclic) bond motifs is 1. The van der Waals surface area contributed by atoms with Crippen molar-refractivity contribution >= 4 is 11.8 Å². The molecule has 104 valence electrons. The number of hydrogen-bond donors (Lipinski definition) is 1. The van der Waals surface area contributed by atoms with Gasteiger partial charge in [-0.2, -0.15) is 0 Å². The molecule has 2 aromatic rings. The fraction of sp³-hybridized carbons (Fsp3) is 0.312. The van der Waals surface area contributed by atoms with E-state index in [9.17, 15) is 9.50 Å². The number of halogens is 1. The molecule has 0 aliphatic heterocycles. The second kappa shape index (κ2) is 5.94. The van der Waals surface area contributed by atoms with Crippen LogP contribution in [0.25, 0.3) is 0 Å². The molecule has 0 amide bonds.